The summed E-state index contributed by atoms with van der Waals surface area (Å²) in [6.45, 7) is 3.76. The van der Waals surface area contributed by atoms with Crippen LogP contribution >= 0.6 is 11.6 Å². The smallest absolute Gasteiger partial charge is 0.250 e. The number of rotatable bonds is 6. The van der Waals surface area contributed by atoms with Gasteiger partial charge in [-0.05, 0) is 49.7 Å². The van der Waals surface area contributed by atoms with E-state index in [-0.39, 0.29) is 19.1 Å². The van der Waals surface area contributed by atoms with Gasteiger partial charge in [-0.1, -0.05) is 29.8 Å². The summed E-state index contributed by atoms with van der Waals surface area (Å²) in [6.07, 6.45) is 0. The average molecular weight is 388 g/mol. The number of anilines is 1. The quantitative estimate of drug-likeness (QED) is 0.680. The van der Waals surface area contributed by atoms with Crippen LogP contribution in [0.3, 0.4) is 0 Å². The van der Waals surface area contributed by atoms with Crippen molar-refractivity contribution in [2.24, 2.45) is 0 Å². The van der Waals surface area contributed by atoms with E-state index in [1.807, 2.05) is 38.1 Å². The maximum absolute atomic E-state index is 14.4. The molecule has 1 amide bonds. The van der Waals surface area contributed by atoms with Crippen LogP contribution in [0, 0.1) is 19.7 Å². The molecule has 2 aromatic carbocycles. The number of amides is 1. The van der Waals surface area contributed by atoms with Crippen LogP contribution in [-0.2, 0) is 16.1 Å². The zero-order valence-corrected chi connectivity index (χ0v) is 15.8. The minimum atomic E-state index is -0.476. The number of halogens is 2. The summed E-state index contributed by atoms with van der Waals surface area (Å²) >= 11 is 6.04. The highest BCUT2D eigenvalue weighted by atomic mass is 35.5. The highest BCUT2D eigenvalue weighted by Gasteiger charge is 2.11. The van der Waals surface area contributed by atoms with Crippen LogP contribution in [-0.4, -0.2) is 22.3 Å². The van der Waals surface area contributed by atoms with E-state index < -0.39 is 5.82 Å². The minimum absolute atomic E-state index is 0.161. The Kier molecular flexibility index (Phi) is 5.88. The second-order valence-electron chi connectivity index (χ2n) is 6.14. The fraction of sp³-hybridized carbons (Fsp3) is 0.200. The summed E-state index contributed by atoms with van der Waals surface area (Å²) in [6, 6.07) is 13.6. The van der Waals surface area contributed by atoms with Gasteiger partial charge in [0.05, 0.1) is 12.3 Å². The summed E-state index contributed by atoms with van der Waals surface area (Å²) in [5.74, 6) is -0.851. The van der Waals surface area contributed by atoms with Gasteiger partial charge in [0.1, 0.15) is 12.3 Å². The van der Waals surface area contributed by atoms with Crippen LogP contribution in [0.5, 0.6) is 0 Å². The van der Waals surface area contributed by atoms with E-state index in [9.17, 15) is 9.18 Å². The van der Waals surface area contributed by atoms with E-state index in [0.29, 0.717) is 16.4 Å². The second kappa shape index (κ2) is 8.33. The zero-order valence-electron chi connectivity index (χ0n) is 15.0. The van der Waals surface area contributed by atoms with E-state index in [1.165, 1.54) is 10.7 Å². The number of nitrogens with one attached hydrogen (secondary N) is 1. The highest BCUT2D eigenvalue weighted by molar-refractivity contribution is 6.31. The molecule has 0 radical (unpaired) electrons. The van der Waals surface area contributed by atoms with Crippen LogP contribution in [0.25, 0.3) is 5.69 Å². The lowest BCUT2D eigenvalue weighted by Gasteiger charge is -2.10. The molecule has 3 aromatic rings. The molecule has 0 aliphatic rings. The summed E-state index contributed by atoms with van der Waals surface area (Å²) < 4.78 is 21.3. The Hall–Kier alpha value is -2.70. The van der Waals surface area contributed by atoms with Crippen molar-refractivity contribution in [1.82, 2.24) is 9.78 Å². The van der Waals surface area contributed by atoms with Crippen LogP contribution in [0.4, 0.5) is 10.1 Å². The summed E-state index contributed by atoms with van der Waals surface area (Å²) in [4.78, 5) is 12.0. The van der Waals surface area contributed by atoms with E-state index in [2.05, 4.69) is 10.4 Å². The molecule has 1 heterocycles. The van der Waals surface area contributed by atoms with Gasteiger partial charge in [-0.25, -0.2) is 9.07 Å². The third-order valence-electron chi connectivity index (χ3n) is 3.92. The fourth-order valence-corrected chi connectivity index (χ4v) is 2.89. The van der Waals surface area contributed by atoms with Crippen LogP contribution < -0.4 is 5.32 Å². The Morgan fingerprint density at radius 1 is 1.22 bits per heavy atom. The van der Waals surface area contributed by atoms with Crippen molar-refractivity contribution in [3.8, 4) is 5.69 Å². The Balaban J connectivity index is 1.59. The minimum Gasteiger partial charge on any atom is -0.367 e. The van der Waals surface area contributed by atoms with Crippen molar-refractivity contribution >= 4 is 23.2 Å². The van der Waals surface area contributed by atoms with Gasteiger partial charge in [-0.3, -0.25) is 4.79 Å². The molecule has 0 aliphatic heterocycles. The molecule has 7 heteroatoms. The van der Waals surface area contributed by atoms with Gasteiger partial charge in [0.2, 0.25) is 5.91 Å². The molecule has 0 bridgehead atoms. The highest BCUT2D eigenvalue weighted by Crippen LogP contribution is 2.20. The molecule has 0 spiro atoms. The number of benzene rings is 2. The molecule has 27 heavy (non-hydrogen) atoms. The molecule has 0 atom stereocenters. The maximum Gasteiger partial charge on any atom is 0.250 e. The standard InChI is InChI=1S/C20H19ClFN3O2/c1-13-9-14(2)25(24-13)19-8-7-16(10-18(19)22)23-20(26)12-27-11-15-5-3-4-6-17(15)21/h3-10H,11-12H2,1-2H3,(H,23,26). The van der Waals surface area contributed by atoms with E-state index in [0.717, 1.165) is 17.0 Å². The molecule has 1 N–H and O–H groups in total. The Morgan fingerprint density at radius 2 is 2.00 bits per heavy atom. The lowest BCUT2D eigenvalue weighted by atomic mass is 10.2. The van der Waals surface area contributed by atoms with Gasteiger partial charge in [0.15, 0.2) is 5.82 Å². The Bertz CT molecular complexity index is 972. The van der Waals surface area contributed by atoms with Gasteiger partial charge >= 0.3 is 0 Å². The number of carbonyl (C=O) groups excluding carboxylic acids is 1. The van der Waals surface area contributed by atoms with Gasteiger partial charge in [-0.2, -0.15) is 5.10 Å². The molecule has 1 aromatic heterocycles. The molecule has 140 valence electrons. The lowest BCUT2D eigenvalue weighted by Crippen LogP contribution is -2.18. The van der Waals surface area contributed by atoms with Crippen molar-refractivity contribution in [2.75, 3.05) is 11.9 Å². The molecule has 3 rings (SSSR count). The first-order chi connectivity index (χ1) is 12.9. The Morgan fingerprint density at radius 3 is 2.67 bits per heavy atom. The van der Waals surface area contributed by atoms with Crippen molar-refractivity contribution in [1.29, 1.82) is 0 Å². The number of carbonyl (C=O) groups is 1. The third kappa shape index (κ3) is 4.72. The number of hydrogen-bond donors (Lipinski definition) is 1. The van der Waals surface area contributed by atoms with Crippen LogP contribution in [0.15, 0.2) is 48.5 Å². The fourth-order valence-electron chi connectivity index (χ4n) is 2.70. The topological polar surface area (TPSA) is 56.2 Å². The normalized spacial score (nSPS) is 10.8. The second-order valence-corrected chi connectivity index (χ2v) is 6.54. The van der Waals surface area contributed by atoms with E-state index in [4.69, 9.17) is 16.3 Å². The predicted molar refractivity (Wildman–Crippen MR) is 103 cm³/mol. The average Bonchev–Trinajstić information content (AvgIpc) is 2.95. The first-order valence-corrected chi connectivity index (χ1v) is 8.76. The lowest BCUT2D eigenvalue weighted by molar-refractivity contribution is -0.121. The summed E-state index contributed by atoms with van der Waals surface area (Å²) in [5, 5.41) is 7.47. The van der Waals surface area contributed by atoms with Crippen molar-refractivity contribution in [3.05, 3.63) is 76.3 Å². The first kappa shape index (κ1) is 19.1. The third-order valence-corrected chi connectivity index (χ3v) is 4.29. The molecule has 0 fully saturated rings. The summed E-state index contributed by atoms with van der Waals surface area (Å²) in [7, 11) is 0. The number of hydrogen-bond acceptors (Lipinski definition) is 3. The number of aromatic nitrogens is 2. The molecule has 0 aliphatic carbocycles. The van der Waals surface area contributed by atoms with Crippen molar-refractivity contribution in [3.63, 3.8) is 0 Å². The largest absolute Gasteiger partial charge is 0.367 e. The van der Waals surface area contributed by atoms with Gasteiger partial charge < -0.3 is 10.1 Å². The molecular formula is C20H19ClFN3O2. The monoisotopic (exact) mass is 387 g/mol. The Labute approximate surface area is 161 Å². The van der Waals surface area contributed by atoms with Gasteiger partial charge in [-0.15, -0.1) is 0 Å². The van der Waals surface area contributed by atoms with Gasteiger partial charge in [0.25, 0.3) is 0 Å². The van der Waals surface area contributed by atoms with Crippen molar-refractivity contribution < 1.29 is 13.9 Å². The number of nitrogens with zero attached hydrogens (tertiary/aromatic N) is 2. The van der Waals surface area contributed by atoms with Crippen molar-refractivity contribution in [2.45, 2.75) is 20.5 Å². The maximum atomic E-state index is 14.4. The van der Waals surface area contributed by atoms with Crippen LogP contribution in [0.1, 0.15) is 17.0 Å². The predicted octanol–water partition coefficient (Wildman–Crippen LogP) is 4.44. The van der Waals surface area contributed by atoms with E-state index >= 15 is 0 Å². The molecule has 0 saturated carbocycles. The molecule has 0 unspecified atom stereocenters. The molecule has 5 nitrogen and oxygen atoms in total. The zero-order chi connectivity index (χ0) is 19.4. The summed E-state index contributed by atoms with van der Waals surface area (Å²) in [5.41, 5.74) is 3.11. The molecular weight excluding hydrogens is 369 g/mol. The van der Waals surface area contributed by atoms with Crippen LogP contribution in [0.2, 0.25) is 5.02 Å². The number of ether oxygens (including phenoxy) is 1. The van der Waals surface area contributed by atoms with Gasteiger partial charge in [0, 0.05) is 16.4 Å². The molecule has 0 saturated heterocycles. The first-order valence-electron chi connectivity index (χ1n) is 8.38. The SMILES string of the molecule is Cc1cc(C)n(-c2ccc(NC(=O)COCc3ccccc3Cl)cc2F)n1. The van der Waals surface area contributed by atoms with E-state index in [1.54, 1.807) is 18.2 Å². The number of aryl methyl sites for hydroxylation is 2.